The second-order valence-electron chi connectivity index (χ2n) is 8.80. The van der Waals surface area contributed by atoms with Crippen LogP contribution in [-0.2, 0) is 11.8 Å². The second-order valence-corrected chi connectivity index (χ2v) is 10.1. The molecule has 3 aromatic rings. The first-order valence-electron chi connectivity index (χ1n) is 11.4. The number of anilines is 1. The van der Waals surface area contributed by atoms with E-state index in [0.29, 0.717) is 38.8 Å². The monoisotopic (exact) mass is 516 g/mol. The standard InChI is InChI=1S/C26H21ClN6O2S/c1-14-20(25(35)33(30-14)18-7-5-4-6-8-18)19-13-36-26-29-23-21(24(34)31(3)15(2)28-23)22(32(19)26)16-9-11-17(27)12-10-16/h4-13,20,22H,1-3H3. The van der Waals surface area contributed by atoms with Crippen molar-refractivity contribution in [3.63, 3.8) is 0 Å². The highest BCUT2D eigenvalue weighted by Gasteiger charge is 2.47. The van der Waals surface area contributed by atoms with E-state index in [-0.39, 0.29) is 11.5 Å². The van der Waals surface area contributed by atoms with Crippen LogP contribution >= 0.6 is 23.4 Å². The van der Waals surface area contributed by atoms with Crippen LogP contribution in [0.5, 0.6) is 0 Å². The fourth-order valence-corrected chi connectivity index (χ4v) is 5.83. The first-order valence-corrected chi connectivity index (χ1v) is 12.6. The van der Waals surface area contributed by atoms with Crippen molar-refractivity contribution >= 4 is 51.7 Å². The minimum Gasteiger partial charge on any atom is -0.311 e. The van der Waals surface area contributed by atoms with Gasteiger partial charge in [-0.25, -0.2) is 9.98 Å². The third kappa shape index (κ3) is 3.42. The number of benzene rings is 2. The van der Waals surface area contributed by atoms with Crippen molar-refractivity contribution in [2.45, 2.75) is 19.9 Å². The van der Waals surface area contributed by atoms with E-state index in [2.05, 4.69) is 10.1 Å². The molecule has 0 aliphatic carbocycles. The molecule has 6 rings (SSSR count). The summed E-state index contributed by atoms with van der Waals surface area (Å²) in [5, 5.41) is 9.22. The topological polar surface area (TPSA) is 83.2 Å². The van der Waals surface area contributed by atoms with E-state index < -0.39 is 12.0 Å². The number of hydrazone groups is 1. The number of thioether (sulfide) groups is 1. The van der Waals surface area contributed by atoms with Crippen molar-refractivity contribution in [2.75, 3.05) is 5.01 Å². The molecule has 2 unspecified atom stereocenters. The van der Waals surface area contributed by atoms with Crippen molar-refractivity contribution in [1.82, 2.24) is 14.5 Å². The number of aliphatic imine (C=N–C) groups is 1. The Morgan fingerprint density at radius 2 is 1.72 bits per heavy atom. The van der Waals surface area contributed by atoms with Crippen molar-refractivity contribution in [2.24, 2.45) is 23.1 Å². The van der Waals surface area contributed by atoms with Gasteiger partial charge in [0, 0.05) is 17.8 Å². The van der Waals surface area contributed by atoms with Gasteiger partial charge in [0.05, 0.1) is 23.0 Å². The maximum Gasteiger partial charge on any atom is 0.262 e. The van der Waals surface area contributed by atoms with E-state index >= 15 is 0 Å². The van der Waals surface area contributed by atoms with Gasteiger partial charge in [0.2, 0.25) is 0 Å². The van der Waals surface area contributed by atoms with Gasteiger partial charge in [-0.1, -0.05) is 53.7 Å². The summed E-state index contributed by atoms with van der Waals surface area (Å²) in [7, 11) is 1.70. The Bertz CT molecular complexity index is 1560. The molecule has 3 aliphatic heterocycles. The Balaban J connectivity index is 1.49. The highest BCUT2D eigenvalue weighted by atomic mass is 35.5. The Labute approximate surface area is 216 Å². The number of amides is 1. The van der Waals surface area contributed by atoms with Crippen LogP contribution in [-0.4, -0.2) is 31.2 Å². The highest BCUT2D eigenvalue weighted by Crippen LogP contribution is 2.47. The van der Waals surface area contributed by atoms with Gasteiger partial charge in [0.15, 0.2) is 11.0 Å². The maximum atomic E-state index is 13.7. The molecule has 180 valence electrons. The molecular weight excluding hydrogens is 496 g/mol. The summed E-state index contributed by atoms with van der Waals surface area (Å²) in [6.07, 6.45) is 0. The van der Waals surface area contributed by atoms with Gasteiger partial charge in [-0.3, -0.25) is 14.2 Å². The molecular formula is C26H21ClN6O2S. The van der Waals surface area contributed by atoms with Gasteiger partial charge in [0.1, 0.15) is 11.7 Å². The second kappa shape index (κ2) is 8.46. The Morgan fingerprint density at radius 3 is 2.44 bits per heavy atom. The van der Waals surface area contributed by atoms with Crippen molar-refractivity contribution < 1.29 is 4.79 Å². The third-order valence-corrected chi connectivity index (χ3v) is 7.76. The predicted octanol–water partition coefficient (Wildman–Crippen LogP) is 4.76. The maximum absolute atomic E-state index is 13.7. The molecule has 0 fully saturated rings. The minimum atomic E-state index is -0.607. The molecule has 0 spiro atoms. The van der Waals surface area contributed by atoms with Crippen molar-refractivity contribution in [1.29, 1.82) is 0 Å². The number of aromatic nitrogens is 2. The lowest BCUT2D eigenvalue weighted by molar-refractivity contribution is -0.119. The van der Waals surface area contributed by atoms with Crippen LogP contribution in [0.25, 0.3) is 0 Å². The lowest BCUT2D eigenvalue weighted by Gasteiger charge is -2.36. The first kappa shape index (κ1) is 22.8. The van der Waals surface area contributed by atoms with Crippen LogP contribution in [0.1, 0.15) is 29.9 Å². The molecule has 2 atom stereocenters. The molecule has 1 aromatic heterocycles. The summed E-state index contributed by atoms with van der Waals surface area (Å²) in [5.41, 5.74) is 3.25. The van der Waals surface area contributed by atoms with Gasteiger partial charge >= 0.3 is 0 Å². The van der Waals surface area contributed by atoms with Crippen LogP contribution in [0.3, 0.4) is 0 Å². The summed E-state index contributed by atoms with van der Waals surface area (Å²) in [6, 6.07) is 16.2. The molecule has 0 saturated heterocycles. The molecule has 8 nitrogen and oxygen atoms in total. The molecule has 0 N–H and O–H groups in total. The van der Waals surface area contributed by atoms with Crippen LogP contribution in [0.2, 0.25) is 5.02 Å². The minimum absolute atomic E-state index is 0.151. The Hall–Kier alpha value is -3.69. The van der Waals surface area contributed by atoms with Crippen LogP contribution in [0.4, 0.5) is 11.5 Å². The van der Waals surface area contributed by atoms with Gasteiger partial charge < -0.3 is 4.90 Å². The molecule has 4 heterocycles. The van der Waals surface area contributed by atoms with Gasteiger partial charge in [-0.05, 0) is 49.1 Å². The first-order chi connectivity index (χ1) is 17.3. The lowest BCUT2D eigenvalue weighted by Crippen LogP contribution is -2.42. The van der Waals surface area contributed by atoms with Crippen LogP contribution < -0.4 is 10.6 Å². The quantitative estimate of drug-likeness (QED) is 0.501. The van der Waals surface area contributed by atoms with E-state index in [9.17, 15) is 9.59 Å². The number of carbonyl (C=O) groups excluding carboxylic acids is 1. The van der Waals surface area contributed by atoms with Crippen molar-refractivity contribution in [3.05, 3.63) is 98.0 Å². The number of rotatable bonds is 3. The molecule has 36 heavy (non-hydrogen) atoms. The molecule has 3 aliphatic rings. The zero-order valence-electron chi connectivity index (χ0n) is 19.7. The van der Waals surface area contributed by atoms with E-state index in [1.165, 1.54) is 21.3 Å². The lowest BCUT2D eigenvalue weighted by atomic mass is 9.93. The third-order valence-electron chi connectivity index (χ3n) is 6.65. The molecule has 2 aromatic carbocycles. The number of carbonyl (C=O) groups is 1. The number of amidine groups is 1. The average Bonchev–Trinajstić information content (AvgIpc) is 3.41. The van der Waals surface area contributed by atoms with E-state index in [0.717, 1.165) is 11.3 Å². The largest absolute Gasteiger partial charge is 0.311 e. The van der Waals surface area contributed by atoms with Gasteiger partial charge in [-0.15, -0.1) is 0 Å². The number of hydrogen-bond donors (Lipinski definition) is 0. The molecule has 1 amide bonds. The molecule has 0 bridgehead atoms. The van der Waals surface area contributed by atoms with E-state index in [4.69, 9.17) is 16.6 Å². The van der Waals surface area contributed by atoms with E-state index in [1.807, 2.05) is 59.7 Å². The summed E-state index contributed by atoms with van der Waals surface area (Å²) < 4.78 is 1.53. The SMILES string of the molecule is CC1=NN(c2ccccc2)C(=O)C1C1=CSC2=Nc3nc(C)n(C)c(=O)c3C(c3ccc(Cl)cc3)N12. The Kier molecular flexibility index (Phi) is 5.35. The number of fused-ring (bicyclic) bond motifs is 2. The smallest absolute Gasteiger partial charge is 0.262 e. The molecule has 0 saturated carbocycles. The summed E-state index contributed by atoms with van der Waals surface area (Å²) >= 11 is 7.60. The number of hydrogen-bond acceptors (Lipinski definition) is 7. The molecule has 0 radical (unpaired) electrons. The highest BCUT2D eigenvalue weighted by molar-refractivity contribution is 8.16. The summed E-state index contributed by atoms with van der Waals surface area (Å²) in [6.45, 7) is 3.64. The van der Waals surface area contributed by atoms with Crippen LogP contribution in [0.15, 0.2) is 80.6 Å². The predicted molar refractivity (Wildman–Crippen MR) is 143 cm³/mol. The van der Waals surface area contributed by atoms with E-state index in [1.54, 1.807) is 26.1 Å². The fraction of sp³-hybridized carbons (Fsp3) is 0.192. The zero-order chi connectivity index (χ0) is 25.1. The summed E-state index contributed by atoms with van der Waals surface area (Å²) in [5.74, 6) is 0.222. The number of aryl methyl sites for hydroxylation is 1. The number of halogens is 1. The van der Waals surface area contributed by atoms with Crippen molar-refractivity contribution in [3.8, 4) is 0 Å². The zero-order valence-corrected chi connectivity index (χ0v) is 21.3. The number of para-hydroxylation sites is 1. The van der Waals surface area contributed by atoms with Gasteiger partial charge in [-0.2, -0.15) is 10.1 Å². The number of nitrogens with zero attached hydrogens (tertiary/aromatic N) is 6. The fourth-order valence-electron chi connectivity index (χ4n) is 4.76. The normalized spacial score (nSPS) is 20.7. The molecule has 10 heteroatoms. The van der Waals surface area contributed by atoms with Gasteiger partial charge in [0.25, 0.3) is 11.5 Å². The average molecular weight is 517 g/mol. The van der Waals surface area contributed by atoms with Crippen LogP contribution in [0, 0.1) is 12.8 Å². The summed E-state index contributed by atoms with van der Waals surface area (Å²) in [4.78, 5) is 38.6. The Morgan fingerprint density at radius 1 is 1.00 bits per heavy atom.